The molecule has 0 aliphatic rings. The van der Waals surface area contributed by atoms with E-state index >= 15 is 0 Å². The van der Waals surface area contributed by atoms with Gasteiger partial charge in [-0.25, -0.2) is 4.79 Å². The van der Waals surface area contributed by atoms with Gasteiger partial charge in [0.1, 0.15) is 0 Å². The van der Waals surface area contributed by atoms with E-state index in [1.165, 1.54) is 0 Å². The lowest BCUT2D eigenvalue weighted by atomic mass is 9.95. The lowest BCUT2D eigenvalue weighted by Crippen LogP contribution is -2.22. The smallest absolute Gasteiger partial charge is 0.330 e. The number of carboxylic acids is 1. The predicted octanol–water partition coefficient (Wildman–Crippen LogP) is 4.50. The summed E-state index contributed by atoms with van der Waals surface area (Å²) in [5.74, 6) is -0.929. The zero-order valence-electron chi connectivity index (χ0n) is 12.3. The van der Waals surface area contributed by atoms with Crippen molar-refractivity contribution in [1.82, 2.24) is 0 Å². The van der Waals surface area contributed by atoms with Crippen molar-refractivity contribution in [2.24, 2.45) is 0 Å². The van der Waals surface area contributed by atoms with E-state index in [1.807, 2.05) is 45.0 Å². The second kappa shape index (κ2) is 6.19. The summed E-state index contributed by atoms with van der Waals surface area (Å²) in [6, 6.07) is 10.2. The predicted molar refractivity (Wildman–Crippen MR) is 86.1 cm³/mol. The summed E-state index contributed by atoms with van der Waals surface area (Å²) in [5, 5.41) is 13.1. The highest BCUT2D eigenvalue weighted by Gasteiger charge is 2.22. The van der Waals surface area contributed by atoms with Crippen LogP contribution in [0.4, 0.5) is 5.69 Å². The van der Waals surface area contributed by atoms with Crippen LogP contribution in [-0.4, -0.2) is 11.1 Å². The molecule has 2 aromatic rings. The van der Waals surface area contributed by atoms with Gasteiger partial charge in [-0.15, -0.1) is 0 Å². The Bertz CT molecular complexity index is 682. The maximum absolute atomic E-state index is 11.7. The van der Waals surface area contributed by atoms with E-state index in [-0.39, 0.29) is 0 Å². The third-order valence-electron chi connectivity index (χ3n) is 3.61. The molecule has 2 aromatic carbocycles. The van der Waals surface area contributed by atoms with Crippen molar-refractivity contribution >= 4 is 23.3 Å². The first-order valence-electron chi connectivity index (χ1n) is 6.71. The largest absolute Gasteiger partial charge is 0.479 e. The number of aryl methyl sites for hydroxylation is 3. The maximum Gasteiger partial charge on any atom is 0.330 e. The Morgan fingerprint density at radius 2 is 1.71 bits per heavy atom. The first kappa shape index (κ1) is 15.4. The first-order valence-corrected chi connectivity index (χ1v) is 7.09. The van der Waals surface area contributed by atoms with E-state index in [9.17, 15) is 9.90 Å². The third-order valence-corrected chi connectivity index (χ3v) is 3.94. The molecule has 0 aromatic heterocycles. The molecule has 0 aliphatic carbocycles. The Morgan fingerprint density at radius 1 is 1.10 bits per heavy atom. The summed E-state index contributed by atoms with van der Waals surface area (Å²) in [6.45, 7) is 5.92. The minimum atomic E-state index is -0.929. The molecule has 0 spiro atoms. The molecule has 0 amide bonds. The van der Waals surface area contributed by atoms with Gasteiger partial charge < -0.3 is 10.4 Å². The zero-order valence-corrected chi connectivity index (χ0v) is 13.0. The summed E-state index contributed by atoms with van der Waals surface area (Å²) in [6.07, 6.45) is 0. The Balaban J connectivity index is 2.43. The van der Waals surface area contributed by atoms with Gasteiger partial charge in [-0.3, -0.25) is 0 Å². The number of rotatable bonds is 4. The molecule has 4 heteroatoms. The monoisotopic (exact) mass is 303 g/mol. The molecule has 1 atom stereocenters. The molecule has 2 rings (SSSR count). The van der Waals surface area contributed by atoms with Crippen LogP contribution in [0.25, 0.3) is 0 Å². The van der Waals surface area contributed by atoms with Crippen molar-refractivity contribution in [2.75, 3.05) is 5.32 Å². The molecule has 0 heterocycles. The second-order valence-electron chi connectivity index (χ2n) is 5.19. The fourth-order valence-electron chi connectivity index (χ4n) is 2.30. The van der Waals surface area contributed by atoms with Crippen molar-refractivity contribution in [3.05, 3.63) is 63.7 Å². The maximum atomic E-state index is 11.7. The Hall–Kier alpha value is -2.00. The molecule has 110 valence electrons. The molecule has 0 aliphatic heterocycles. The number of carboxylic acid groups (broad SMARTS) is 1. The van der Waals surface area contributed by atoms with E-state index in [4.69, 9.17) is 11.6 Å². The standard InChI is InChI=1S/C17H18ClNO2/c1-10-8-12(3)13(9-11(10)2)16(17(20)21)19-15-7-5-4-6-14(15)18/h4-9,16,19H,1-3H3,(H,20,21). The van der Waals surface area contributed by atoms with Crippen LogP contribution in [0.1, 0.15) is 28.3 Å². The summed E-state index contributed by atoms with van der Waals surface area (Å²) < 4.78 is 0. The van der Waals surface area contributed by atoms with Gasteiger partial charge in [0.15, 0.2) is 6.04 Å². The summed E-state index contributed by atoms with van der Waals surface area (Å²) in [5.41, 5.74) is 4.54. The van der Waals surface area contributed by atoms with Crippen LogP contribution in [-0.2, 0) is 4.79 Å². The van der Waals surface area contributed by atoms with E-state index in [1.54, 1.807) is 12.1 Å². The number of hydrogen-bond acceptors (Lipinski definition) is 2. The number of benzene rings is 2. The number of para-hydroxylation sites is 1. The van der Waals surface area contributed by atoms with Crippen LogP contribution in [0.3, 0.4) is 0 Å². The number of carbonyl (C=O) groups is 1. The number of nitrogens with one attached hydrogen (secondary N) is 1. The summed E-state index contributed by atoms with van der Waals surface area (Å²) in [7, 11) is 0. The van der Waals surface area contributed by atoms with Gasteiger partial charge in [0.2, 0.25) is 0 Å². The van der Waals surface area contributed by atoms with Crippen LogP contribution in [0.5, 0.6) is 0 Å². The van der Waals surface area contributed by atoms with E-state index in [0.717, 1.165) is 22.3 Å². The van der Waals surface area contributed by atoms with Crippen molar-refractivity contribution in [2.45, 2.75) is 26.8 Å². The Morgan fingerprint density at radius 3 is 2.33 bits per heavy atom. The molecule has 2 N–H and O–H groups in total. The highest BCUT2D eigenvalue weighted by molar-refractivity contribution is 6.33. The normalized spacial score (nSPS) is 12.0. The third kappa shape index (κ3) is 3.37. The minimum absolute atomic E-state index is 0.505. The summed E-state index contributed by atoms with van der Waals surface area (Å²) >= 11 is 6.10. The van der Waals surface area contributed by atoms with Crippen molar-refractivity contribution < 1.29 is 9.90 Å². The molecule has 0 bridgehead atoms. The van der Waals surface area contributed by atoms with Gasteiger partial charge in [0.05, 0.1) is 10.7 Å². The van der Waals surface area contributed by atoms with Gasteiger partial charge in [-0.1, -0.05) is 35.9 Å². The fraction of sp³-hybridized carbons (Fsp3) is 0.235. The van der Waals surface area contributed by atoms with E-state index in [0.29, 0.717) is 10.7 Å². The molecule has 0 saturated heterocycles. The summed E-state index contributed by atoms with van der Waals surface area (Å²) in [4.78, 5) is 11.7. The van der Waals surface area contributed by atoms with Crippen LogP contribution < -0.4 is 5.32 Å². The van der Waals surface area contributed by atoms with Crippen molar-refractivity contribution in [3.63, 3.8) is 0 Å². The van der Waals surface area contributed by atoms with Gasteiger partial charge >= 0.3 is 5.97 Å². The molecule has 0 fully saturated rings. The Kier molecular flexibility index (Phi) is 4.53. The van der Waals surface area contributed by atoms with Crippen LogP contribution >= 0.6 is 11.6 Å². The molecule has 0 saturated carbocycles. The van der Waals surface area contributed by atoms with Crippen LogP contribution in [0.2, 0.25) is 5.02 Å². The lowest BCUT2D eigenvalue weighted by Gasteiger charge is -2.20. The first-order chi connectivity index (χ1) is 9.90. The lowest BCUT2D eigenvalue weighted by molar-refractivity contribution is -0.138. The molecular formula is C17H18ClNO2. The molecular weight excluding hydrogens is 286 g/mol. The van der Waals surface area contributed by atoms with Gasteiger partial charge in [0.25, 0.3) is 0 Å². The molecule has 21 heavy (non-hydrogen) atoms. The van der Waals surface area contributed by atoms with Crippen molar-refractivity contribution in [3.8, 4) is 0 Å². The number of anilines is 1. The quantitative estimate of drug-likeness (QED) is 0.874. The number of hydrogen-bond donors (Lipinski definition) is 2. The minimum Gasteiger partial charge on any atom is -0.479 e. The van der Waals surface area contributed by atoms with E-state index < -0.39 is 12.0 Å². The molecule has 0 radical (unpaired) electrons. The average molecular weight is 304 g/mol. The average Bonchev–Trinajstić information content (AvgIpc) is 2.42. The van der Waals surface area contributed by atoms with Crippen molar-refractivity contribution in [1.29, 1.82) is 0 Å². The SMILES string of the molecule is Cc1cc(C)c(C(Nc2ccccc2Cl)C(=O)O)cc1C. The van der Waals surface area contributed by atoms with E-state index in [2.05, 4.69) is 5.32 Å². The number of aliphatic carboxylic acids is 1. The number of halogens is 1. The Labute approximate surface area is 129 Å². The highest BCUT2D eigenvalue weighted by Crippen LogP contribution is 2.29. The topological polar surface area (TPSA) is 49.3 Å². The molecule has 3 nitrogen and oxygen atoms in total. The van der Waals surface area contributed by atoms with Crippen LogP contribution in [0.15, 0.2) is 36.4 Å². The van der Waals surface area contributed by atoms with Gasteiger partial charge in [0, 0.05) is 0 Å². The van der Waals surface area contributed by atoms with Crippen LogP contribution in [0, 0.1) is 20.8 Å². The second-order valence-corrected chi connectivity index (χ2v) is 5.60. The highest BCUT2D eigenvalue weighted by atomic mass is 35.5. The van der Waals surface area contributed by atoms with Gasteiger partial charge in [-0.05, 0) is 55.2 Å². The zero-order chi connectivity index (χ0) is 15.6. The fourth-order valence-corrected chi connectivity index (χ4v) is 2.49. The van der Waals surface area contributed by atoms with Gasteiger partial charge in [-0.2, -0.15) is 0 Å². The molecule has 1 unspecified atom stereocenters.